The molecule has 0 radical (unpaired) electrons. The summed E-state index contributed by atoms with van der Waals surface area (Å²) in [6, 6.07) is 11.4. The van der Waals surface area contributed by atoms with Crippen LogP contribution in [0, 0.1) is 0 Å². The van der Waals surface area contributed by atoms with E-state index in [1.165, 1.54) is 9.08 Å². The summed E-state index contributed by atoms with van der Waals surface area (Å²) in [5.41, 5.74) is 0.695. The molecule has 3 rings (SSSR count). The second-order valence-corrected chi connectivity index (χ2v) is 8.26. The normalized spacial score (nSPS) is 11.9. The maximum Gasteiger partial charge on any atom is 0.350 e. The molecule has 2 N–H and O–H groups in total. The molecule has 2 heterocycles. The van der Waals surface area contributed by atoms with Crippen LogP contribution in [-0.2, 0) is 11.3 Å². The number of rotatable bonds is 10. The van der Waals surface area contributed by atoms with E-state index in [9.17, 15) is 14.4 Å². The summed E-state index contributed by atoms with van der Waals surface area (Å²) < 4.78 is 2.85. The Morgan fingerprint density at radius 3 is 2.71 bits per heavy atom. The average molecular weight is 462 g/mol. The van der Waals surface area contributed by atoms with Gasteiger partial charge >= 0.3 is 5.69 Å². The highest BCUT2D eigenvalue weighted by Gasteiger charge is 2.21. The Balaban J connectivity index is 1.55. The van der Waals surface area contributed by atoms with Crippen LogP contribution in [0.25, 0.3) is 5.65 Å². The van der Waals surface area contributed by atoms with Crippen molar-refractivity contribution in [1.29, 1.82) is 0 Å². The Bertz CT molecular complexity index is 1110. The van der Waals surface area contributed by atoms with Gasteiger partial charge in [0.05, 0.1) is 10.6 Å². The van der Waals surface area contributed by atoms with Gasteiger partial charge in [0.1, 0.15) is 6.04 Å². The number of halogens is 1. The van der Waals surface area contributed by atoms with Crippen molar-refractivity contribution in [3.05, 3.63) is 69.7 Å². The Hall–Kier alpha value is -2.78. The maximum absolute atomic E-state index is 12.7. The van der Waals surface area contributed by atoms with E-state index >= 15 is 0 Å². The predicted molar refractivity (Wildman–Crippen MR) is 123 cm³/mol. The van der Waals surface area contributed by atoms with Gasteiger partial charge < -0.3 is 10.6 Å². The lowest BCUT2D eigenvalue weighted by Gasteiger charge is -2.18. The molecule has 2 aromatic heterocycles. The highest BCUT2D eigenvalue weighted by atomic mass is 35.5. The van der Waals surface area contributed by atoms with Crippen molar-refractivity contribution >= 4 is 40.8 Å². The molecule has 0 aliphatic rings. The first-order valence-corrected chi connectivity index (χ1v) is 11.6. The van der Waals surface area contributed by atoms with Gasteiger partial charge in [-0.25, -0.2) is 9.48 Å². The van der Waals surface area contributed by atoms with Gasteiger partial charge in [0.15, 0.2) is 5.65 Å². The zero-order chi connectivity index (χ0) is 22.2. The molecule has 31 heavy (non-hydrogen) atoms. The van der Waals surface area contributed by atoms with E-state index in [4.69, 9.17) is 11.6 Å². The van der Waals surface area contributed by atoms with E-state index < -0.39 is 6.04 Å². The van der Waals surface area contributed by atoms with E-state index in [0.29, 0.717) is 42.2 Å². The van der Waals surface area contributed by atoms with E-state index in [1.807, 2.05) is 12.3 Å². The Morgan fingerprint density at radius 1 is 1.19 bits per heavy atom. The molecular formula is C21H24ClN5O3S. The quantitative estimate of drug-likeness (QED) is 0.451. The average Bonchev–Trinajstić information content (AvgIpc) is 3.10. The van der Waals surface area contributed by atoms with Crippen LogP contribution in [0.3, 0.4) is 0 Å². The molecule has 0 saturated carbocycles. The molecule has 1 unspecified atom stereocenters. The number of carbonyl (C=O) groups is 2. The number of amides is 2. The van der Waals surface area contributed by atoms with Crippen LogP contribution in [0.4, 0.5) is 0 Å². The van der Waals surface area contributed by atoms with Crippen molar-refractivity contribution in [3.63, 3.8) is 0 Å². The van der Waals surface area contributed by atoms with Crippen molar-refractivity contribution in [2.45, 2.75) is 25.4 Å². The summed E-state index contributed by atoms with van der Waals surface area (Å²) in [5.74, 6) is 0.0669. The molecule has 1 aromatic carbocycles. The number of hydrogen-bond donors (Lipinski definition) is 2. The largest absolute Gasteiger partial charge is 0.354 e. The number of thioether (sulfide) groups is 1. The molecule has 0 saturated heterocycles. The summed E-state index contributed by atoms with van der Waals surface area (Å²) in [5, 5.41) is 10.2. The fraction of sp³-hybridized carbons (Fsp3) is 0.333. The number of aryl methyl sites for hydroxylation is 1. The molecule has 0 aliphatic carbocycles. The number of pyridine rings is 1. The SMILES string of the molecule is CSCCC(NC(=O)c1ccccc1Cl)C(=O)NCCCn1nc2ccccn2c1=O. The monoisotopic (exact) mass is 461 g/mol. The minimum absolute atomic E-state index is 0.216. The molecule has 3 aromatic rings. The number of nitrogens with zero attached hydrogens (tertiary/aromatic N) is 3. The van der Waals surface area contributed by atoms with Crippen LogP contribution >= 0.6 is 23.4 Å². The minimum Gasteiger partial charge on any atom is -0.354 e. The van der Waals surface area contributed by atoms with E-state index in [0.717, 1.165) is 5.75 Å². The molecular weight excluding hydrogens is 438 g/mol. The van der Waals surface area contributed by atoms with Crippen molar-refractivity contribution < 1.29 is 9.59 Å². The summed E-state index contributed by atoms with van der Waals surface area (Å²) in [6.45, 7) is 0.735. The third-order valence-electron chi connectivity index (χ3n) is 4.69. The first-order chi connectivity index (χ1) is 15.0. The lowest BCUT2D eigenvalue weighted by molar-refractivity contribution is -0.123. The predicted octanol–water partition coefficient (Wildman–Crippen LogP) is 2.21. The molecule has 0 aliphatic heterocycles. The van der Waals surface area contributed by atoms with Gasteiger partial charge in [0.25, 0.3) is 5.91 Å². The third kappa shape index (κ3) is 5.89. The van der Waals surface area contributed by atoms with Crippen molar-refractivity contribution in [3.8, 4) is 0 Å². The smallest absolute Gasteiger partial charge is 0.350 e. The molecule has 8 nitrogen and oxygen atoms in total. The molecule has 0 spiro atoms. The molecule has 0 fully saturated rings. The van der Waals surface area contributed by atoms with Crippen LogP contribution in [0.5, 0.6) is 0 Å². The first-order valence-electron chi connectivity index (χ1n) is 9.87. The number of nitrogens with one attached hydrogen (secondary N) is 2. The number of hydrogen-bond acceptors (Lipinski definition) is 5. The van der Waals surface area contributed by atoms with E-state index in [2.05, 4.69) is 15.7 Å². The van der Waals surface area contributed by atoms with Crippen LogP contribution in [-0.4, -0.2) is 50.6 Å². The first kappa shape index (κ1) is 22.9. The number of fused-ring (bicyclic) bond motifs is 1. The zero-order valence-electron chi connectivity index (χ0n) is 17.1. The van der Waals surface area contributed by atoms with Crippen LogP contribution in [0.2, 0.25) is 5.02 Å². The standard InChI is InChI=1S/C21H24ClN5O3S/c1-31-14-10-17(24-19(28)15-7-2-3-8-16(15)22)20(29)23-11-6-13-27-21(30)26-12-5-4-9-18(26)25-27/h2-5,7-9,12,17H,6,10-11,13-14H2,1H3,(H,23,29)(H,24,28). The summed E-state index contributed by atoms with van der Waals surface area (Å²) in [7, 11) is 0. The second kappa shape index (κ2) is 11.0. The number of aromatic nitrogens is 3. The minimum atomic E-state index is -0.672. The summed E-state index contributed by atoms with van der Waals surface area (Å²) in [6.07, 6.45) is 4.64. The number of carbonyl (C=O) groups excluding carboxylic acids is 2. The Kier molecular flexibility index (Phi) is 8.13. The summed E-state index contributed by atoms with van der Waals surface area (Å²) in [4.78, 5) is 37.5. The highest BCUT2D eigenvalue weighted by molar-refractivity contribution is 7.98. The van der Waals surface area contributed by atoms with Gasteiger partial charge in [-0.1, -0.05) is 29.8 Å². The number of benzene rings is 1. The van der Waals surface area contributed by atoms with Gasteiger partial charge in [-0.2, -0.15) is 11.8 Å². The van der Waals surface area contributed by atoms with Crippen LogP contribution < -0.4 is 16.3 Å². The highest BCUT2D eigenvalue weighted by Crippen LogP contribution is 2.15. The lowest BCUT2D eigenvalue weighted by atomic mass is 10.1. The molecule has 0 bridgehead atoms. The van der Waals surface area contributed by atoms with Crippen molar-refractivity contribution in [2.75, 3.05) is 18.6 Å². The van der Waals surface area contributed by atoms with Crippen LogP contribution in [0.1, 0.15) is 23.2 Å². The van der Waals surface area contributed by atoms with E-state index in [1.54, 1.807) is 54.4 Å². The second-order valence-electron chi connectivity index (χ2n) is 6.87. The van der Waals surface area contributed by atoms with Crippen LogP contribution in [0.15, 0.2) is 53.5 Å². The van der Waals surface area contributed by atoms with Gasteiger partial charge in [-0.05, 0) is 49.1 Å². The zero-order valence-corrected chi connectivity index (χ0v) is 18.7. The summed E-state index contributed by atoms with van der Waals surface area (Å²) >= 11 is 7.68. The van der Waals surface area contributed by atoms with Gasteiger partial charge in [-0.15, -0.1) is 5.10 Å². The maximum atomic E-state index is 12.7. The van der Waals surface area contributed by atoms with Crippen molar-refractivity contribution in [2.24, 2.45) is 0 Å². The van der Waals surface area contributed by atoms with Gasteiger partial charge in [-0.3, -0.25) is 14.0 Å². The van der Waals surface area contributed by atoms with E-state index in [-0.39, 0.29) is 17.5 Å². The molecule has 164 valence electrons. The molecule has 2 amide bonds. The third-order valence-corrected chi connectivity index (χ3v) is 5.66. The topological polar surface area (TPSA) is 97.5 Å². The molecule has 10 heteroatoms. The fourth-order valence-corrected chi connectivity index (χ4v) is 3.76. The van der Waals surface area contributed by atoms with Gasteiger partial charge in [0, 0.05) is 19.3 Å². The fourth-order valence-electron chi connectivity index (χ4n) is 3.06. The lowest BCUT2D eigenvalue weighted by Crippen LogP contribution is -2.47. The van der Waals surface area contributed by atoms with Gasteiger partial charge in [0.2, 0.25) is 5.91 Å². The Labute approximate surface area is 189 Å². The van der Waals surface area contributed by atoms with Crippen molar-refractivity contribution in [1.82, 2.24) is 24.8 Å². The Morgan fingerprint density at radius 2 is 1.97 bits per heavy atom. The molecule has 1 atom stereocenters.